The second-order valence-electron chi connectivity index (χ2n) is 5.60. The largest absolute Gasteiger partial charge is 0.316 e. The summed E-state index contributed by atoms with van der Waals surface area (Å²) in [5.41, 5.74) is 0.750. The van der Waals surface area contributed by atoms with Crippen LogP contribution in [0.15, 0.2) is 23.1 Å². The number of hydrogen-bond acceptors (Lipinski definition) is 3. The molecule has 0 amide bonds. The Morgan fingerprint density at radius 1 is 1.19 bits per heavy atom. The van der Waals surface area contributed by atoms with Crippen molar-refractivity contribution >= 4 is 10.0 Å². The normalized spacial score (nSPS) is 17.6. The van der Waals surface area contributed by atoms with E-state index in [0.29, 0.717) is 6.54 Å². The Morgan fingerprint density at radius 3 is 2.48 bits per heavy atom. The van der Waals surface area contributed by atoms with E-state index < -0.39 is 15.8 Å². The molecule has 4 nitrogen and oxygen atoms in total. The molecule has 2 rings (SSSR count). The Balaban J connectivity index is 2.19. The molecule has 6 heteroatoms. The lowest BCUT2D eigenvalue weighted by Crippen LogP contribution is -2.35. The van der Waals surface area contributed by atoms with Crippen LogP contribution in [0.25, 0.3) is 0 Å². The van der Waals surface area contributed by atoms with E-state index in [1.807, 2.05) is 0 Å². The molecule has 1 aromatic rings. The first kappa shape index (κ1) is 16.4. The summed E-state index contributed by atoms with van der Waals surface area (Å²) in [5, 5.41) is 2.93. The number of rotatable bonds is 5. The summed E-state index contributed by atoms with van der Waals surface area (Å²) in [6.07, 6.45) is 5.99. The molecular formula is C15H23FN2O2S. The van der Waals surface area contributed by atoms with Gasteiger partial charge in [-0.3, -0.25) is 0 Å². The Kier molecular flexibility index (Phi) is 5.72. The third-order valence-corrected chi connectivity index (χ3v) is 5.38. The number of sulfonamides is 1. The van der Waals surface area contributed by atoms with Crippen molar-refractivity contribution < 1.29 is 12.8 Å². The maximum absolute atomic E-state index is 13.9. The molecule has 1 fully saturated rings. The average molecular weight is 314 g/mol. The SMILES string of the molecule is CNCc1ccc(F)c(S(=O)(=O)NC2CCCCCC2)c1. The highest BCUT2D eigenvalue weighted by molar-refractivity contribution is 7.89. The summed E-state index contributed by atoms with van der Waals surface area (Å²) in [6.45, 7) is 0.506. The molecule has 1 saturated carbocycles. The lowest BCUT2D eigenvalue weighted by molar-refractivity contribution is 0.503. The molecule has 0 saturated heterocycles. The van der Waals surface area contributed by atoms with E-state index in [0.717, 1.165) is 44.1 Å². The highest BCUT2D eigenvalue weighted by Crippen LogP contribution is 2.21. The van der Waals surface area contributed by atoms with Crippen molar-refractivity contribution in [3.05, 3.63) is 29.6 Å². The van der Waals surface area contributed by atoms with Crippen LogP contribution in [0.2, 0.25) is 0 Å². The van der Waals surface area contributed by atoms with E-state index in [1.165, 1.54) is 12.1 Å². The number of halogens is 1. The van der Waals surface area contributed by atoms with Gasteiger partial charge in [-0.25, -0.2) is 17.5 Å². The fourth-order valence-corrected chi connectivity index (χ4v) is 4.18. The highest BCUT2D eigenvalue weighted by Gasteiger charge is 2.24. The fraction of sp³-hybridized carbons (Fsp3) is 0.600. The number of hydrogen-bond donors (Lipinski definition) is 2. The van der Waals surface area contributed by atoms with Crippen molar-refractivity contribution in [2.24, 2.45) is 0 Å². The molecule has 0 aliphatic heterocycles. The van der Waals surface area contributed by atoms with E-state index in [2.05, 4.69) is 10.0 Å². The fourth-order valence-electron chi connectivity index (χ4n) is 2.75. The van der Waals surface area contributed by atoms with Crippen LogP contribution in [-0.2, 0) is 16.6 Å². The van der Waals surface area contributed by atoms with Crippen LogP contribution in [0.1, 0.15) is 44.1 Å². The van der Waals surface area contributed by atoms with Crippen molar-refractivity contribution in [1.82, 2.24) is 10.0 Å². The standard InChI is InChI=1S/C15H23FN2O2S/c1-17-11-12-8-9-14(16)15(10-12)21(19,20)18-13-6-4-2-3-5-7-13/h8-10,13,17-18H,2-7,11H2,1H3. The van der Waals surface area contributed by atoms with Crippen molar-refractivity contribution in [1.29, 1.82) is 0 Å². The second-order valence-corrected chi connectivity index (χ2v) is 7.29. The summed E-state index contributed by atoms with van der Waals surface area (Å²) in [5.74, 6) is -0.698. The predicted molar refractivity (Wildman–Crippen MR) is 81.0 cm³/mol. The molecule has 0 bridgehead atoms. The van der Waals surface area contributed by atoms with Gasteiger partial charge in [-0.15, -0.1) is 0 Å². The van der Waals surface area contributed by atoms with Gasteiger partial charge in [0.25, 0.3) is 0 Å². The van der Waals surface area contributed by atoms with Gasteiger partial charge < -0.3 is 5.32 Å². The van der Waals surface area contributed by atoms with Crippen LogP contribution in [0.5, 0.6) is 0 Å². The van der Waals surface area contributed by atoms with Crippen molar-refractivity contribution in [2.45, 2.75) is 56.0 Å². The van der Waals surface area contributed by atoms with Crippen LogP contribution in [0, 0.1) is 5.82 Å². The molecule has 1 aliphatic rings. The summed E-state index contributed by atoms with van der Waals surface area (Å²) in [7, 11) is -2.04. The average Bonchev–Trinajstić information content (AvgIpc) is 2.69. The molecule has 1 aromatic carbocycles. The van der Waals surface area contributed by atoms with Crippen molar-refractivity contribution in [3.8, 4) is 0 Å². The first-order chi connectivity index (χ1) is 10.0. The zero-order valence-electron chi connectivity index (χ0n) is 12.4. The Labute approximate surface area is 126 Å². The zero-order chi connectivity index (χ0) is 15.3. The third kappa shape index (κ3) is 4.49. The number of benzene rings is 1. The maximum atomic E-state index is 13.9. The minimum absolute atomic E-state index is 0.0788. The van der Waals surface area contributed by atoms with Crippen LogP contribution < -0.4 is 10.0 Å². The molecule has 21 heavy (non-hydrogen) atoms. The van der Waals surface area contributed by atoms with E-state index in [1.54, 1.807) is 13.1 Å². The number of nitrogens with one attached hydrogen (secondary N) is 2. The minimum Gasteiger partial charge on any atom is -0.316 e. The molecule has 0 spiro atoms. The van der Waals surface area contributed by atoms with Gasteiger partial charge >= 0.3 is 0 Å². The first-order valence-corrected chi connectivity index (χ1v) is 8.96. The van der Waals surface area contributed by atoms with E-state index in [-0.39, 0.29) is 10.9 Å². The summed E-state index contributed by atoms with van der Waals surface area (Å²) >= 11 is 0. The van der Waals surface area contributed by atoms with Gasteiger partial charge in [0.2, 0.25) is 10.0 Å². The summed E-state index contributed by atoms with van der Waals surface area (Å²) < 4.78 is 41.4. The molecule has 1 aliphatic carbocycles. The van der Waals surface area contributed by atoms with E-state index in [9.17, 15) is 12.8 Å². The molecule has 2 N–H and O–H groups in total. The molecular weight excluding hydrogens is 291 g/mol. The summed E-state index contributed by atoms with van der Waals surface area (Å²) in [6, 6.07) is 4.14. The molecule has 0 atom stereocenters. The molecule has 118 valence electrons. The maximum Gasteiger partial charge on any atom is 0.243 e. The van der Waals surface area contributed by atoms with Crippen LogP contribution in [0.4, 0.5) is 4.39 Å². The molecule has 0 heterocycles. The lowest BCUT2D eigenvalue weighted by atomic mass is 10.1. The third-order valence-electron chi connectivity index (χ3n) is 3.84. The monoisotopic (exact) mass is 314 g/mol. The van der Waals surface area contributed by atoms with E-state index >= 15 is 0 Å². The van der Waals surface area contributed by atoms with Crippen molar-refractivity contribution in [2.75, 3.05) is 7.05 Å². The lowest BCUT2D eigenvalue weighted by Gasteiger charge is -2.17. The highest BCUT2D eigenvalue weighted by atomic mass is 32.2. The Bertz CT molecular complexity index is 567. The zero-order valence-corrected chi connectivity index (χ0v) is 13.2. The van der Waals surface area contributed by atoms with Gasteiger partial charge in [-0.1, -0.05) is 31.7 Å². The Morgan fingerprint density at radius 2 is 1.86 bits per heavy atom. The second kappa shape index (κ2) is 7.33. The summed E-state index contributed by atoms with van der Waals surface area (Å²) in [4.78, 5) is -0.250. The minimum atomic E-state index is -3.80. The van der Waals surface area contributed by atoms with Gasteiger partial charge in [0.05, 0.1) is 0 Å². The van der Waals surface area contributed by atoms with E-state index in [4.69, 9.17) is 0 Å². The van der Waals surface area contributed by atoms with Crippen LogP contribution in [0.3, 0.4) is 0 Å². The quantitative estimate of drug-likeness (QED) is 0.821. The van der Waals surface area contributed by atoms with Gasteiger partial charge in [0, 0.05) is 12.6 Å². The van der Waals surface area contributed by atoms with Gasteiger partial charge in [0.15, 0.2) is 0 Å². The predicted octanol–water partition coefficient (Wildman–Crippen LogP) is 2.55. The Hall–Kier alpha value is -0.980. The van der Waals surface area contributed by atoms with Crippen molar-refractivity contribution in [3.63, 3.8) is 0 Å². The van der Waals surface area contributed by atoms with Gasteiger partial charge in [0.1, 0.15) is 10.7 Å². The molecule has 0 aromatic heterocycles. The van der Waals surface area contributed by atoms with Crippen LogP contribution in [-0.4, -0.2) is 21.5 Å². The van der Waals surface area contributed by atoms with Gasteiger partial charge in [-0.2, -0.15) is 0 Å². The molecule has 0 radical (unpaired) electrons. The smallest absolute Gasteiger partial charge is 0.243 e. The topological polar surface area (TPSA) is 58.2 Å². The first-order valence-electron chi connectivity index (χ1n) is 7.48. The molecule has 0 unspecified atom stereocenters. The van der Waals surface area contributed by atoms with Crippen LogP contribution >= 0.6 is 0 Å². The van der Waals surface area contributed by atoms with Gasteiger partial charge in [-0.05, 0) is 37.6 Å².